The van der Waals surface area contributed by atoms with Gasteiger partial charge in [-0.2, -0.15) is 13.2 Å². The minimum Gasteiger partial charge on any atom is -0.381 e. The van der Waals surface area contributed by atoms with Crippen LogP contribution in [0.3, 0.4) is 0 Å². The number of piperidine rings is 1. The summed E-state index contributed by atoms with van der Waals surface area (Å²) < 4.78 is 43.2. The predicted octanol–water partition coefficient (Wildman–Crippen LogP) is 3.32. The van der Waals surface area contributed by atoms with E-state index in [1.54, 1.807) is 0 Å². The molecule has 2 aliphatic rings. The molecule has 2 saturated heterocycles. The van der Waals surface area contributed by atoms with Gasteiger partial charge in [0.05, 0.1) is 11.6 Å². The number of aromatic nitrogens is 1. The zero-order chi connectivity index (χ0) is 18.6. The number of nitrogens with one attached hydrogen (secondary N) is 1. The summed E-state index contributed by atoms with van der Waals surface area (Å²) in [7, 11) is 0. The third-order valence-electron chi connectivity index (χ3n) is 5.09. The lowest BCUT2D eigenvalue weighted by Crippen LogP contribution is -2.49. The van der Waals surface area contributed by atoms with E-state index in [2.05, 4.69) is 15.2 Å². The number of nitrogens with zero attached hydrogens (tertiary/aromatic N) is 2. The monoisotopic (exact) mass is 371 g/mol. The van der Waals surface area contributed by atoms with Gasteiger partial charge >= 0.3 is 6.18 Å². The standard InChI is InChI=1S/C18H24F3N3O2/c19-18(20,21)14-4-5-16(22-11-14)23-17(25)15-3-1-2-8-24(15)12-13-6-9-26-10-7-13/h4-5,11,13,15H,1-3,6-10,12H2,(H,22,23,25)/t15-/m0/s1. The highest BCUT2D eigenvalue weighted by Gasteiger charge is 2.32. The maximum Gasteiger partial charge on any atom is 0.417 e. The number of carbonyl (C=O) groups is 1. The van der Waals surface area contributed by atoms with Crippen LogP contribution in [-0.4, -0.2) is 48.1 Å². The van der Waals surface area contributed by atoms with Gasteiger partial charge < -0.3 is 10.1 Å². The molecule has 0 aliphatic carbocycles. The summed E-state index contributed by atoms with van der Waals surface area (Å²) in [5.41, 5.74) is -0.825. The smallest absolute Gasteiger partial charge is 0.381 e. The number of likely N-dealkylation sites (tertiary alicyclic amines) is 1. The molecular weight excluding hydrogens is 347 g/mol. The van der Waals surface area contributed by atoms with Crippen LogP contribution in [0.2, 0.25) is 0 Å². The molecule has 8 heteroatoms. The predicted molar refractivity (Wildman–Crippen MR) is 90.6 cm³/mol. The van der Waals surface area contributed by atoms with Gasteiger partial charge in [-0.15, -0.1) is 0 Å². The highest BCUT2D eigenvalue weighted by atomic mass is 19.4. The van der Waals surface area contributed by atoms with E-state index < -0.39 is 11.7 Å². The fourth-order valence-corrected chi connectivity index (χ4v) is 3.61. The molecule has 0 saturated carbocycles. The van der Waals surface area contributed by atoms with E-state index in [1.807, 2.05) is 0 Å². The molecule has 1 atom stereocenters. The van der Waals surface area contributed by atoms with Gasteiger partial charge in [0.25, 0.3) is 0 Å². The van der Waals surface area contributed by atoms with E-state index >= 15 is 0 Å². The molecule has 144 valence electrons. The van der Waals surface area contributed by atoms with E-state index in [1.165, 1.54) is 6.07 Å². The summed E-state index contributed by atoms with van der Waals surface area (Å²) in [6.45, 7) is 3.27. The van der Waals surface area contributed by atoms with Gasteiger partial charge in [0.15, 0.2) is 0 Å². The maximum absolute atomic E-state index is 12.7. The number of pyridine rings is 1. The Morgan fingerprint density at radius 1 is 1.23 bits per heavy atom. The van der Waals surface area contributed by atoms with Crippen LogP contribution in [0.5, 0.6) is 0 Å². The Hall–Kier alpha value is -1.67. The average molecular weight is 371 g/mol. The molecule has 3 heterocycles. The molecule has 5 nitrogen and oxygen atoms in total. The second-order valence-corrected chi connectivity index (χ2v) is 6.98. The Kier molecular flexibility index (Phi) is 6.13. The number of halogens is 3. The number of hydrogen-bond donors (Lipinski definition) is 1. The van der Waals surface area contributed by atoms with Crippen molar-refractivity contribution in [2.24, 2.45) is 5.92 Å². The molecule has 0 spiro atoms. The topological polar surface area (TPSA) is 54.5 Å². The molecule has 0 unspecified atom stereocenters. The first-order valence-corrected chi connectivity index (χ1v) is 9.09. The zero-order valence-electron chi connectivity index (χ0n) is 14.6. The summed E-state index contributed by atoms with van der Waals surface area (Å²) in [6.07, 6.45) is 1.12. The van der Waals surface area contributed by atoms with Crippen LogP contribution in [0, 0.1) is 5.92 Å². The Bertz CT molecular complexity index is 601. The van der Waals surface area contributed by atoms with E-state index in [4.69, 9.17) is 4.74 Å². The third-order valence-corrected chi connectivity index (χ3v) is 5.09. The number of carbonyl (C=O) groups excluding carboxylic acids is 1. The average Bonchev–Trinajstić information content (AvgIpc) is 2.63. The third kappa shape index (κ3) is 4.94. The van der Waals surface area contributed by atoms with E-state index in [9.17, 15) is 18.0 Å². The second kappa shape index (κ2) is 8.35. The molecule has 1 aromatic rings. The van der Waals surface area contributed by atoms with Crippen molar-refractivity contribution in [1.29, 1.82) is 0 Å². The van der Waals surface area contributed by atoms with Crippen molar-refractivity contribution in [1.82, 2.24) is 9.88 Å². The van der Waals surface area contributed by atoms with Crippen LogP contribution >= 0.6 is 0 Å². The van der Waals surface area contributed by atoms with Crippen LogP contribution in [0.15, 0.2) is 18.3 Å². The molecule has 0 bridgehead atoms. The number of hydrogen-bond acceptors (Lipinski definition) is 4. The first-order chi connectivity index (χ1) is 12.4. The summed E-state index contributed by atoms with van der Waals surface area (Å²) >= 11 is 0. The molecule has 1 N–H and O–H groups in total. The van der Waals surface area contributed by atoms with Gasteiger partial charge in [0, 0.05) is 26.0 Å². The molecule has 3 rings (SSSR count). The first-order valence-electron chi connectivity index (χ1n) is 9.09. The van der Waals surface area contributed by atoms with Gasteiger partial charge in [0.2, 0.25) is 5.91 Å². The fraction of sp³-hybridized carbons (Fsp3) is 0.667. The first kappa shape index (κ1) is 19.1. The van der Waals surface area contributed by atoms with Crippen molar-refractivity contribution >= 4 is 11.7 Å². The van der Waals surface area contributed by atoms with Crippen molar-refractivity contribution < 1.29 is 22.7 Å². The number of rotatable bonds is 4. The highest BCUT2D eigenvalue weighted by Crippen LogP contribution is 2.29. The quantitative estimate of drug-likeness (QED) is 0.882. The van der Waals surface area contributed by atoms with Gasteiger partial charge in [-0.3, -0.25) is 9.69 Å². The Balaban J connectivity index is 1.60. The molecule has 0 aromatic carbocycles. The van der Waals surface area contributed by atoms with E-state index in [0.717, 1.165) is 70.7 Å². The van der Waals surface area contributed by atoms with Gasteiger partial charge in [0.1, 0.15) is 5.82 Å². The number of anilines is 1. The summed E-state index contributed by atoms with van der Waals surface area (Å²) in [5.74, 6) is 0.491. The normalized spacial score (nSPS) is 23.0. The summed E-state index contributed by atoms with van der Waals surface area (Å²) in [4.78, 5) is 18.6. The SMILES string of the molecule is O=C(Nc1ccc(C(F)(F)F)cn1)[C@@H]1CCCCN1CC1CCOCC1. The highest BCUT2D eigenvalue weighted by molar-refractivity contribution is 5.94. The maximum atomic E-state index is 12.7. The largest absolute Gasteiger partial charge is 0.417 e. The van der Waals surface area contributed by atoms with E-state index in [0.29, 0.717) is 5.92 Å². The van der Waals surface area contributed by atoms with Crippen molar-refractivity contribution in [3.8, 4) is 0 Å². The van der Waals surface area contributed by atoms with Crippen molar-refractivity contribution in [2.45, 2.75) is 44.3 Å². The molecule has 1 amide bonds. The lowest BCUT2D eigenvalue weighted by atomic mass is 9.95. The summed E-state index contributed by atoms with van der Waals surface area (Å²) in [5, 5.41) is 2.67. The van der Waals surface area contributed by atoms with E-state index in [-0.39, 0.29) is 17.8 Å². The molecular formula is C18H24F3N3O2. The van der Waals surface area contributed by atoms with Gasteiger partial charge in [-0.05, 0) is 50.3 Å². The zero-order valence-corrected chi connectivity index (χ0v) is 14.6. The minimum atomic E-state index is -4.43. The van der Waals surface area contributed by atoms with Gasteiger partial charge in [-0.25, -0.2) is 4.98 Å². The number of ether oxygens (including phenoxy) is 1. The van der Waals surface area contributed by atoms with Crippen LogP contribution < -0.4 is 5.32 Å². The van der Waals surface area contributed by atoms with Crippen LogP contribution in [0.25, 0.3) is 0 Å². The molecule has 2 fully saturated rings. The Morgan fingerprint density at radius 3 is 2.65 bits per heavy atom. The Morgan fingerprint density at radius 2 is 2.00 bits per heavy atom. The summed E-state index contributed by atoms with van der Waals surface area (Å²) in [6, 6.07) is 1.88. The fourth-order valence-electron chi connectivity index (χ4n) is 3.61. The minimum absolute atomic E-state index is 0.152. The van der Waals surface area contributed by atoms with Crippen molar-refractivity contribution in [3.63, 3.8) is 0 Å². The molecule has 26 heavy (non-hydrogen) atoms. The number of amides is 1. The second-order valence-electron chi connectivity index (χ2n) is 6.98. The molecule has 2 aliphatic heterocycles. The van der Waals surface area contributed by atoms with Crippen LogP contribution in [0.1, 0.15) is 37.7 Å². The molecule has 1 aromatic heterocycles. The lowest BCUT2D eigenvalue weighted by molar-refractivity contribution is -0.137. The van der Waals surface area contributed by atoms with Crippen molar-refractivity contribution in [3.05, 3.63) is 23.9 Å². The van der Waals surface area contributed by atoms with Crippen LogP contribution in [0.4, 0.5) is 19.0 Å². The van der Waals surface area contributed by atoms with Crippen LogP contribution in [-0.2, 0) is 15.7 Å². The van der Waals surface area contributed by atoms with Gasteiger partial charge in [-0.1, -0.05) is 6.42 Å². The van der Waals surface area contributed by atoms with Crippen molar-refractivity contribution in [2.75, 3.05) is 31.6 Å². The number of alkyl halides is 3. The molecule has 0 radical (unpaired) electrons. The Labute approximate surface area is 150 Å². The lowest BCUT2D eigenvalue weighted by Gasteiger charge is -2.37.